The Bertz CT molecular complexity index is 508. The van der Waals surface area contributed by atoms with Gasteiger partial charge < -0.3 is 19.5 Å². The van der Waals surface area contributed by atoms with Crippen LogP contribution in [0.25, 0.3) is 0 Å². The molecule has 1 aliphatic rings. The Kier molecular flexibility index (Phi) is 3.11. The Labute approximate surface area is 112 Å². The van der Waals surface area contributed by atoms with Gasteiger partial charge in [0, 0.05) is 5.46 Å². The van der Waals surface area contributed by atoms with Crippen molar-refractivity contribution in [2.75, 3.05) is 0 Å². The number of aromatic carboxylic acids is 1. The van der Waals surface area contributed by atoms with Crippen molar-refractivity contribution in [3.63, 3.8) is 0 Å². The molecule has 2 N–H and O–H groups in total. The van der Waals surface area contributed by atoms with Crippen LogP contribution >= 0.6 is 0 Å². The summed E-state index contributed by atoms with van der Waals surface area (Å²) in [4.78, 5) is 10.8. The first-order valence-corrected chi connectivity index (χ1v) is 6.06. The van der Waals surface area contributed by atoms with Crippen molar-refractivity contribution >= 4 is 18.6 Å². The van der Waals surface area contributed by atoms with Gasteiger partial charge in [0.2, 0.25) is 0 Å². The van der Waals surface area contributed by atoms with Crippen molar-refractivity contribution in [1.29, 1.82) is 0 Å². The quantitative estimate of drug-likeness (QED) is 0.789. The predicted molar refractivity (Wildman–Crippen MR) is 70.8 cm³/mol. The SMILES string of the molecule is CC1(C)OB(c2ccc(C(=O)O)cc2O)OC1(C)C. The van der Waals surface area contributed by atoms with E-state index in [9.17, 15) is 9.90 Å². The molecule has 0 aliphatic carbocycles. The molecular weight excluding hydrogens is 247 g/mol. The zero-order valence-corrected chi connectivity index (χ0v) is 11.4. The third-order valence-electron chi connectivity index (χ3n) is 3.78. The Hall–Kier alpha value is -1.53. The largest absolute Gasteiger partial charge is 0.508 e. The van der Waals surface area contributed by atoms with Gasteiger partial charge in [0.25, 0.3) is 0 Å². The van der Waals surface area contributed by atoms with Gasteiger partial charge in [-0.15, -0.1) is 0 Å². The van der Waals surface area contributed by atoms with Gasteiger partial charge in [0.15, 0.2) is 0 Å². The zero-order chi connectivity index (χ0) is 14.4. The van der Waals surface area contributed by atoms with Crippen LogP contribution in [0.3, 0.4) is 0 Å². The number of carboxylic acid groups (broad SMARTS) is 1. The number of phenols is 1. The topological polar surface area (TPSA) is 76.0 Å². The molecule has 0 saturated carbocycles. The zero-order valence-electron chi connectivity index (χ0n) is 11.4. The fourth-order valence-corrected chi connectivity index (χ4v) is 1.85. The lowest BCUT2D eigenvalue weighted by Gasteiger charge is -2.32. The van der Waals surface area contributed by atoms with Crippen LogP contribution in [0.15, 0.2) is 18.2 Å². The van der Waals surface area contributed by atoms with E-state index in [2.05, 4.69) is 0 Å². The van der Waals surface area contributed by atoms with E-state index < -0.39 is 24.3 Å². The lowest BCUT2D eigenvalue weighted by atomic mass is 9.78. The fourth-order valence-electron chi connectivity index (χ4n) is 1.85. The summed E-state index contributed by atoms with van der Waals surface area (Å²) in [6.45, 7) is 7.65. The molecule has 0 unspecified atom stereocenters. The van der Waals surface area contributed by atoms with Gasteiger partial charge in [-0.05, 0) is 39.8 Å². The van der Waals surface area contributed by atoms with Crippen LogP contribution in [0.2, 0.25) is 0 Å². The highest BCUT2D eigenvalue weighted by Crippen LogP contribution is 2.37. The van der Waals surface area contributed by atoms with E-state index in [0.29, 0.717) is 5.46 Å². The number of carboxylic acids is 1. The normalized spacial score (nSPS) is 20.5. The molecule has 2 rings (SSSR count). The molecule has 0 aromatic heterocycles. The summed E-state index contributed by atoms with van der Waals surface area (Å²) in [7, 11) is -0.701. The van der Waals surface area contributed by atoms with Gasteiger partial charge in [0.1, 0.15) is 5.75 Å². The minimum absolute atomic E-state index is 0.0257. The van der Waals surface area contributed by atoms with Crippen molar-refractivity contribution in [2.24, 2.45) is 0 Å². The third kappa shape index (κ3) is 2.33. The Morgan fingerprint density at radius 1 is 1.16 bits per heavy atom. The molecule has 1 heterocycles. The second kappa shape index (κ2) is 4.25. The summed E-state index contributed by atoms with van der Waals surface area (Å²) < 4.78 is 11.6. The number of aromatic hydroxyl groups is 1. The Balaban J connectivity index is 2.33. The minimum atomic E-state index is -1.09. The lowest BCUT2D eigenvalue weighted by Crippen LogP contribution is -2.41. The van der Waals surface area contributed by atoms with Crippen LogP contribution in [0, 0.1) is 0 Å². The maximum absolute atomic E-state index is 10.8. The Morgan fingerprint density at radius 2 is 1.68 bits per heavy atom. The molecule has 1 fully saturated rings. The van der Waals surface area contributed by atoms with Crippen LogP contribution in [0.5, 0.6) is 5.75 Å². The monoisotopic (exact) mass is 264 g/mol. The molecule has 5 nitrogen and oxygen atoms in total. The molecule has 19 heavy (non-hydrogen) atoms. The summed E-state index contributed by atoms with van der Waals surface area (Å²) in [6.07, 6.45) is 0. The van der Waals surface area contributed by atoms with Gasteiger partial charge >= 0.3 is 13.1 Å². The standard InChI is InChI=1S/C13H17BO5/c1-12(2)13(3,4)19-14(18-12)9-6-5-8(11(16)17)7-10(9)15/h5-7,15H,1-4H3,(H,16,17). The van der Waals surface area contributed by atoms with E-state index in [1.807, 2.05) is 27.7 Å². The van der Waals surface area contributed by atoms with E-state index in [1.54, 1.807) is 0 Å². The van der Waals surface area contributed by atoms with E-state index in [0.717, 1.165) is 0 Å². The molecule has 6 heteroatoms. The van der Waals surface area contributed by atoms with Crippen molar-refractivity contribution in [2.45, 2.75) is 38.9 Å². The minimum Gasteiger partial charge on any atom is -0.508 e. The molecular formula is C13H17BO5. The van der Waals surface area contributed by atoms with E-state index in [1.165, 1.54) is 18.2 Å². The summed E-state index contributed by atoms with van der Waals surface area (Å²) in [5, 5.41) is 18.8. The van der Waals surface area contributed by atoms with E-state index >= 15 is 0 Å². The number of benzene rings is 1. The maximum atomic E-state index is 10.8. The first kappa shape index (κ1) is 13.9. The van der Waals surface area contributed by atoms with Gasteiger partial charge in [-0.3, -0.25) is 0 Å². The summed E-state index contributed by atoms with van der Waals surface area (Å²) in [5.41, 5.74) is -0.549. The van der Waals surface area contributed by atoms with Crippen LogP contribution in [-0.4, -0.2) is 34.5 Å². The molecule has 1 aliphatic heterocycles. The summed E-state index contributed by atoms with van der Waals surface area (Å²) >= 11 is 0. The van der Waals surface area contributed by atoms with Crippen molar-refractivity contribution in [1.82, 2.24) is 0 Å². The molecule has 1 saturated heterocycles. The molecule has 0 amide bonds. The highest BCUT2D eigenvalue weighted by atomic mass is 16.7. The molecule has 0 spiro atoms. The molecule has 0 atom stereocenters. The van der Waals surface area contributed by atoms with Crippen molar-refractivity contribution in [3.8, 4) is 5.75 Å². The lowest BCUT2D eigenvalue weighted by molar-refractivity contribution is 0.00578. The fraction of sp³-hybridized carbons (Fsp3) is 0.462. The number of carbonyl (C=O) groups is 1. The van der Waals surface area contributed by atoms with Gasteiger partial charge in [-0.1, -0.05) is 6.07 Å². The average Bonchev–Trinajstić information content (AvgIpc) is 2.47. The van der Waals surface area contributed by atoms with Gasteiger partial charge in [-0.2, -0.15) is 0 Å². The number of hydrogen-bond acceptors (Lipinski definition) is 4. The highest BCUT2D eigenvalue weighted by molar-refractivity contribution is 6.63. The van der Waals surface area contributed by atoms with Crippen LogP contribution < -0.4 is 5.46 Å². The van der Waals surface area contributed by atoms with Gasteiger partial charge in [-0.25, -0.2) is 4.79 Å². The Morgan fingerprint density at radius 3 is 2.11 bits per heavy atom. The highest BCUT2D eigenvalue weighted by Gasteiger charge is 2.52. The maximum Gasteiger partial charge on any atom is 0.498 e. The van der Waals surface area contributed by atoms with Gasteiger partial charge in [0.05, 0.1) is 16.8 Å². The molecule has 0 radical (unpaired) electrons. The summed E-state index contributed by atoms with van der Waals surface area (Å²) in [6, 6.07) is 4.13. The molecule has 102 valence electrons. The second-order valence-electron chi connectivity index (χ2n) is 5.67. The van der Waals surface area contributed by atoms with Crippen molar-refractivity contribution in [3.05, 3.63) is 23.8 Å². The van der Waals surface area contributed by atoms with Crippen LogP contribution in [0.1, 0.15) is 38.1 Å². The molecule has 1 aromatic rings. The number of rotatable bonds is 2. The first-order chi connectivity index (χ1) is 8.64. The smallest absolute Gasteiger partial charge is 0.498 e. The molecule has 1 aromatic carbocycles. The number of hydrogen-bond donors (Lipinski definition) is 2. The average molecular weight is 264 g/mol. The predicted octanol–water partition coefficient (Wildman–Crippen LogP) is 1.39. The first-order valence-electron chi connectivity index (χ1n) is 6.06. The van der Waals surface area contributed by atoms with E-state index in [-0.39, 0.29) is 11.3 Å². The van der Waals surface area contributed by atoms with Crippen LogP contribution in [-0.2, 0) is 9.31 Å². The molecule has 0 bridgehead atoms. The number of phenolic OH excluding ortho intramolecular Hbond substituents is 1. The second-order valence-corrected chi connectivity index (χ2v) is 5.67. The summed E-state index contributed by atoms with van der Waals surface area (Å²) in [5.74, 6) is -1.23. The van der Waals surface area contributed by atoms with E-state index in [4.69, 9.17) is 14.4 Å². The van der Waals surface area contributed by atoms with Crippen LogP contribution in [0.4, 0.5) is 0 Å². The third-order valence-corrected chi connectivity index (χ3v) is 3.78. The van der Waals surface area contributed by atoms with Crippen molar-refractivity contribution < 1.29 is 24.3 Å².